The van der Waals surface area contributed by atoms with E-state index in [-0.39, 0.29) is 43.3 Å². The molecule has 6 nitrogen and oxygen atoms in total. The second kappa shape index (κ2) is 22.4. The maximum Gasteiger partial charge on any atom is 0.161 e. The number of phenolic OH excluding ortho intramolecular Hbond substituents is 1. The second-order valence-corrected chi connectivity index (χ2v) is 26.1. The van der Waals surface area contributed by atoms with Crippen LogP contribution in [0, 0.1) is 0 Å². The monoisotopic (exact) mass is 927 g/mol. The van der Waals surface area contributed by atoms with Crippen LogP contribution < -0.4 is 23.7 Å². The third kappa shape index (κ3) is 17.6. The lowest BCUT2D eigenvalue weighted by Crippen LogP contribution is -2.23. The van der Waals surface area contributed by atoms with Crippen LogP contribution >= 0.6 is 0 Å². The Hall–Kier alpha value is -4.32. The minimum atomic E-state index is 0.0419. The van der Waals surface area contributed by atoms with E-state index in [1.807, 2.05) is 18.2 Å². The Morgan fingerprint density at radius 3 is 0.866 bits per heavy atom. The average molecular weight is 927 g/mol. The predicted octanol–water partition coefficient (Wildman–Crippen LogP) is 16.9. The summed E-state index contributed by atoms with van der Waals surface area (Å²) in [7, 11) is 8.50. The van der Waals surface area contributed by atoms with Crippen molar-refractivity contribution in [3.63, 3.8) is 0 Å². The Morgan fingerprint density at radius 1 is 0.269 bits per heavy atom. The van der Waals surface area contributed by atoms with Crippen molar-refractivity contribution in [3.05, 3.63) is 105 Å². The molecular formula is C61H98O6. The van der Waals surface area contributed by atoms with Gasteiger partial charge in [-0.1, -0.05) is 178 Å². The summed E-state index contributed by atoms with van der Waals surface area (Å²) in [5.74, 6) is 4.66. The molecule has 0 spiro atoms. The van der Waals surface area contributed by atoms with Crippen molar-refractivity contribution in [2.45, 2.75) is 209 Å². The van der Waals surface area contributed by atoms with E-state index >= 15 is 0 Å². The number of ether oxygens (including phenoxy) is 5. The Kier molecular flexibility index (Phi) is 20.3. The first-order valence-electron chi connectivity index (χ1n) is 24.1. The smallest absolute Gasteiger partial charge is 0.161 e. The topological polar surface area (TPSA) is 66.4 Å². The maximum atomic E-state index is 9.57. The van der Waals surface area contributed by atoms with Gasteiger partial charge in [-0.2, -0.15) is 0 Å². The van der Waals surface area contributed by atoms with Crippen molar-refractivity contribution >= 4 is 0 Å². The highest BCUT2D eigenvalue weighted by Gasteiger charge is 2.31. The lowest BCUT2D eigenvalue weighted by molar-refractivity contribution is 0.351. The zero-order valence-corrected chi connectivity index (χ0v) is 48.3. The molecule has 0 atom stereocenters. The van der Waals surface area contributed by atoms with E-state index in [4.69, 9.17) is 23.7 Å². The predicted molar refractivity (Wildman–Crippen MR) is 290 cm³/mol. The summed E-state index contributed by atoms with van der Waals surface area (Å²) < 4.78 is 27.1. The van der Waals surface area contributed by atoms with Crippen LogP contribution in [0.3, 0.4) is 0 Å². The molecule has 0 amide bonds. The van der Waals surface area contributed by atoms with E-state index in [2.05, 4.69) is 203 Å². The van der Waals surface area contributed by atoms with Gasteiger partial charge in [-0.3, -0.25) is 0 Å². The molecule has 0 aliphatic heterocycles. The molecule has 0 aromatic heterocycles. The van der Waals surface area contributed by atoms with Crippen LogP contribution in [0.4, 0.5) is 0 Å². The second-order valence-electron chi connectivity index (χ2n) is 26.1. The van der Waals surface area contributed by atoms with Gasteiger partial charge in [-0.05, 0) is 125 Å². The van der Waals surface area contributed by atoms with Gasteiger partial charge in [-0.15, -0.1) is 0 Å². The number of hydrogen-bond acceptors (Lipinski definition) is 6. The first-order chi connectivity index (χ1) is 30.0. The summed E-state index contributed by atoms with van der Waals surface area (Å²) in [6, 6.07) is 20.4. The molecule has 0 aliphatic rings. The number of benzene rings is 4. The highest BCUT2D eigenvalue weighted by Crippen LogP contribution is 2.44. The molecule has 4 aromatic rings. The molecule has 0 radical (unpaired) electrons. The van der Waals surface area contributed by atoms with Crippen LogP contribution in [0.5, 0.6) is 34.5 Å². The third-order valence-corrected chi connectivity index (χ3v) is 11.7. The number of rotatable bonds is 5. The van der Waals surface area contributed by atoms with Crippen molar-refractivity contribution in [2.24, 2.45) is 0 Å². The Balaban J connectivity index is 0.000000448. The lowest BCUT2D eigenvalue weighted by atomic mass is 9.74. The van der Waals surface area contributed by atoms with Gasteiger partial charge >= 0.3 is 0 Å². The van der Waals surface area contributed by atoms with Gasteiger partial charge in [0.25, 0.3) is 0 Å². The number of hydrogen-bond donors (Lipinski definition) is 1. The summed E-state index contributed by atoms with van der Waals surface area (Å²) in [6.45, 7) is 53.3. The fraction of sp³-hybridized carbons (Fsp3) is 0.607. The largest absolute Gasteiger partial charge is 0.508 e. The molecule has 0 aliphatic carbocycles. The van der Waals surface area contributed by atoms with Crippen LogP contribution in [0.2, 0.25) is 0 Å². The van der Waals surface area contributed by atoms with Gasteiger partial charge in [-0.25, -0.2) is 0 Å². The van der Waals surface area contributed by atoms with Gasteiger partial charge in [0.15, 0.2) is 11.5 Å². The summed E-state index contributed by atoms with van der Waals surface area (Å²) in [4.78, 5) is 0. The molecule has 0 saturated heterocycles. The van der Waals surface area contributed by atoms with E-state index in [0.29, 0.717) is 5.75 Å². The fourth-order valence-electron chi connectivity index (χ4n) is 8.09. The highest BCUT2D eigenvalue weighted by atomic mass is 16.5. The molecule has 6 heteroatoms. The summed E-state index contributed by atoms with van der Waals surface area (Å²) >= 11 is 0. The van der Waals surface area contributed by atoms with E-state index < -0.39 is 0 Å². The van der Waals surface area contributed by atoms with E-state index in [1.165, 1.54) is 44.5 Å². The van der Waals surface area contributed by atoms with E-state index in [9.17, 15) is 5.11 Å². The molecular weight excluding hydrogens is 829 g/mol. The minimum absolute atomic E-state index is 0.0419. The zero-order chi connectivity index (χ0) is 52.7. The highest BCUT2D eigenvalue weighted by molar-refractivity contribution is 5.53. The number of aromatic hydroxyl groups is 1. The zero-order valence-electron chi connectivity index (χ0n) is 48.3. The molecule has 378 valence electrons. The lowest BCUT2D eigenvalue weighted by Gasteiger charge is -2.32. The molecule has 0 unspecified atom stereocenters. The molecule has 0 saturated carbocycles. The van der Waals surface area contributed by atoms with Crippen LogP contribution in [0.25, 0.3) is 0 Å². The maximum absolute atomic E-state index is 9.57. The standard InChI is InChI=1S/2C16H26O2.C15H24O.C14H22O/c1-15(2,3)11-9-13(17-7)14(18-8)10-12(11)16(4,5)6;1-15(2,3)12-9-11(17-7)10-13(18-8)14(12)16(4,5)6;1-14(2,3)12-9-8-11(16-7)10-13(12)15(4,5)6;1-13(2,3)11-8-7-10(15)9-12(11)14(4,5)6/h2*9-10H,1-8H3;8-10H,1-7H3;7-9,15H,1-6H3. The van der Waals surface area contributed by atoms with E-state index in [0.717, 1.165) is 28.7 Å². The number of methoxy groups -OCH3 is 5. The molecule has 67 heavy (non-hydrogen) atoms. The molecule has 4 aromatic carbocycles. The summed E-state index contributed by atoms with van der Waals surface area (Å²) in [5.41, 5.74) is 11.3. The quantitative estimate of drug-likeness (QED) is 0.215. The van der Waals surface area contributed by atoms with Crippen LogP contribution in [0.1, 0.15) is 211 Å². The van der Waals surface area contributed by atoms with Gasteiger partial charge in [0.1, 0.15) is 23.0 Å². The third-order valence-electron chi connectivity index (χ3n) is 11.7. The first kappa shape index (κ1) is 60.7. The van der Waals surface area contributed by atoms with Gasteiger partial charge in [0, 0.05) is 11.6 Å². The van der Waals surface area contributed by atoms with E-state index in [1.54, 1.807) is 41.6 Å². The molecule has 0 heterocycles. The first-order valence-corrected chi connectivity index (χ1v) is 24.1. The Morgan fingerprint density at radius 2 is 0.567 bits per heavy atom. The van der Waals surface area contributed by atoms with Gasteiger partial charge in [0.05, 0.1) is 35.5 Å². The average Bonchev–Trinajstić information content (AvgIpc) is 3.17. The Labute approximate surface area is 411 Å². The van der Waals surface area contributed by atoms with Crippen LogP contribution in [-0.4, -0.2) is 40.7 Å². The Bertz CT molecular complexity index is 2150. The molecule has 4 rings (SSSR count). The summed E-state index contributed by atoms with van der Waals surface area (Å²) in [6.07, 6.45) is 0. The van der Waals surface area contributed by atoms with Crippen molar-refractivity contribution in [3.8, 4) is 34.5 Å². The van der Waals surface area contributed by atoms with Crippen LogP contribution in [0.15, 0.2) is 60.7 Å². The molecule has 1 N–H and O–H groups in total. The normalized spacial score (nSPS) is 12.6. The van der Waals surface area contributed by atoms with Gasteiger partial charge < -0.3 is 28.8 Å². The van der Waals surface area contributed by atoms with Crippen LogP contribution in [-0.2, 0) is 43.3 Å². The van der Waals surface area contributed by atoms with Crippen molar-refractivity contribution in [2.75, 3.05) is 35.5 Å². The van der Waals surface area contributed by atoms with Crippen molar-refractivity contribution in [1.29, 1.82) is 0 Å². The minimum Gasteiger partial charge on any atom is -0.508 e. The number of phenols is 1. The summed E-state index contributed by atoms with van der Waals surface area (Å²) in [5, 5.41) is 9.57. The fourth-order valence-corrected chi connectivity index (χ4v) is 8.09. The van der Waals surface area contributed by atoms with Gasteiger partial charge in [0.2, 0.25) is 0 Å². The van der Waals surface area contributed by atoms with Crippen molar-refractivity contribution in [1.82, 2.24) is 0 Å². The SMILES string of the molecule is CC(C)(C)c1ccc(O)cc1C(C)(C)C.COc1cc(C(C)(C)C)c(C(C)(C)C)cc1OC.COc1cc(OC)c(C(C)(C)C)c(C(C)(C)C)c1.COc1ccc(C(C)(C)C)c(C(C)(C)C)c1. The molecule has 0 fully saturated rings. The van der Waals surface area contributed by atoms with Crippen molar-refractivity contribution < 1.29 is 28.8 Å². The molecule has 0 bridgehead atoms.